The molecular formula is C16H22O3. The van der Waals surface area contributed by atoms with Crippen LogP contribution >= 0.6 is 0 Å². The summed E-state index contributed by atoms with van der Waals surface area (Å²) in [6, 6.07) is 7.71. The van der Waals surface area contributed by atoms with Crippen molar-refractivity contribution in [3.8, 4) is 5.75 Å². The van der Waals surface area contributed by atoms with Crippen molar-refractivity contribution in [3.05, 3.63) is 29.8 Å². The Hall–Kier alpha value is -1.35. The van der Waals surface area contributed by atoms with E-state index in [0.29, 0.717) is 13.0 Å². The minimum Gasteiger partial charge on any atom is -0.491 e. The molecule has 3 heteroatoms. The number of carbonyl (C=O) groups excluding carboxylic acids is 1. The van der Waals surface area contributed by atoms with Crippen LogP contribution in [-0.2, 0) is 16.0 Å². The van der Waals surface area contributed by atoms with Crippen LogP contribution < -0.4 is 4.74 Å². The van der Waals surface area contributed by atoms with Crippen molar-refractivity contribution in [1.82, 2.24) is 0 Å². The monoisotopic (exact) mass is 262 g/mol. The summed E-state index contributed by atoms with van der Waals surface area (Å²) >= 11 is 0. The topological polar surface area (TPSA) is 35.5 Å². The lowest BCUT2D eigenvalue weighted by molar-refractivity contribution is -0.116. The fourth-order valence-electron chi connectivity index (χ4n) is 2.38. The van der Waals surface area contributed by atoms with E-state index in [4.69, 9.17) is 9.47 Å². The van der Waals surface area contributed by atoms with Crippen molar-refractivity contribution in [2.24, 2.45) is 0 Å². The van der Waals surface area contributed by atoms with E-state index in [1.807, 2.05) is 24.3 Å². The number of benzene rings is 1. The summed E-state index contributed by atoms with van der Waals surface area (Å²) in [5.41, 5.74) is 1.01. The molecule has 1 saturated heterocycles. The molecule has 2 rings (SSSR count). The van der Waals surface area contributed by atoms with E-state index in [2.05, 4.69) is 13.8 Å². The van der Waals surface area contributed by atoms with Gasteiger partial charge in [0.2, 0.25) is 0 Å². The molecule has 0 amide bonds. The Morgan fingerprint density at radius 3 is 2.58 bits per heavy atom. The van der Waals surface area contributed by atoms with Crippen LogP contribution in [0.1, 0.15) is 39.2 Å². The molecule has 0 aromatic heterocycles. The van der Waals surface area contributed by atoms with Gasteiger partial charge < -0.3 is 9.47 Å². The van der Waals surface area contributed by atoms with Crippen molar-refractivity contribution in [3.63, 3.8) is 0 Å². The highest BCUT2D eigenvalue weighted by Gasteiger charge is 2.31. The van der Waals surface area contributed by atoms with Gasteiger partial charge in [-0.05, 0) is 51.3 Å². The number of ketones is 1. The molecule has 0 radical (unpaired) electrons. The maximum absolute atomic E-state index is 11.0. The van der Waals surface area contributed by atoms with E-state index < -0.39 is 0 Å². The van der Waals surface area contributed by atoms with Gasteiger partial charge in [-0.1, -0.05) is 12.1 Å². The Balaban J connectivity index is 1.82. The van der Waals surface area contributed by atoms with Crippen molar-refractivity contribution in [1.29, 1.82) is 0 Å². The molecule has 0 N–H and O–H groups in total. The van der Waals surface area contributed by atoms with E-state index in [1.54, 1.807) is 6.92 Å². The third kappa shape index (κ3) is 4.35. The van der Waals surface area contributed by atoms with Gasteiger partial charge in [0, 0.05) is 6.42 Å². The highest BCUT2D eigenvalue weighted by Crippen LogP contribution is 2.29. The number of Topliss-reactive ketones (excluding diaryl/α,β-unsaturated/α-hetero) is 1. The molecule has 1 heterocycles. The Kier molecular flexibility index (Phi) is 4.25. The smallest absolute Gasteiger partial charge is 0.134 e. The standard InChI is InChI=1S/C16H22O3/c1-12(17)10-13-4-6-14(7-5-13)18-11-15-8-9-16(2,3)19-15/h4-7,15H,8-11H2,1-3H3. The molecule has 0 spiro atoms. The second-order valence-corrected chi connectivity index (χ2v) is 5.87. The van der Waals surface area contributed by atoms with Crippen LogP contribution in [0.5, 0.6) is 5.75 Å². The van der Waals surface area contributed by atoms with E-state index >= 15 is 0 Å². The van der Waals surface area contributed by atoms with Crippen molar-refractivity contribution >= 4 is 5.78 Å². The van der Waals surface area contributed by atoms with Gasteiger partial charge in [-0.2, -0.15) is 0 Å². The number of rotatable bonds is 5. The average molecular weight is 262 g/mol. The highest BCUT2D eigenvalue weighted by atomic mass is 16.6. The van der Waals surface area contributed by atoms with Gasteiger partial charge in [-0.15, -0.1) is 0 Å². The molecule has 19 heavy (non-hydrogen) atoms. The lowest BCUT2D eigenvalue weighted by atomic mass is 10.1. The first-order valence-electron chi connectivity index (χ1n) is 6.84. The largest absolute Gasteiger partial charge is 0.491 e. The Morgan fingerprint density at radius 1 is 1.37 bits per heavy atom. The van der Waals surface area contributed by atoms with Crippen LogP contribution in [0, 0.1) is 0 Å². The minimum absolute atomic E-state index is 0.0145. The molecule has 3 nitrogen and oxygen atoms in total. The first kappa shape index (κ1) is 14.1. The Labute approximate surface area is 114 Å². The molecule has 1 aliphatic rings. The van der Waals surface area contributed by atoms with Crippen molar-refractivity contribution in [2.45, 2.75) is 51.7 Å². The van der Waals surface area contributed by atoms with Crippen LogP contribution in [0.3, 0.4) is 0 Å². The second-order valence-electron chi connectivity index (χ2n) is 5.87. The average Bonchev–Trinajstić information content (AvgIpc) is 2.67. The van der Waals surface area contributed by atoms with Crippen LogP contribution in [0.4, 0.5) is 0 Å². The fourth-order valence-corrected chi connectivity index (χ4v) is 2.38. The van der Waals surface area contributed by atoms with Gasteiger partial charge in [0.05, 0.1) is 11.7 Å². The highest BCUT2D eigenvalue weighted by molar-refractivity contribution is 5.78. The SMILES string of the molecule is CC(=O)Cc1ccc(OCC2CCC(C)(C)O2)cc1. The van der Waals surface area contributed by atoms with E-state index in [9.17, 15) is 4.79 Å². The summed E-state index contributed by atoms with van der Waals surface area (Å²) in [6.45, 7) is 6.42. The second kappa shape index (κ2) is 5.74. The molecule has 1 atom stereocenters. The van der Waals surface area contributed by atoms with E-state index in [1.165, 1.54) is 0 Å². The van der Waals surface area contributed by atoms with Gasteiger partial charge in [0.1, 0.15) is 18.1 Å². The van der Waals surface area contributed by atoms with E-state index in [-0.39, 0.29) is 17.5 Å². The first-order chi connectivity index (χ1) is 8.94. The molecule has 1 aromatic carbocycles. The number of carbonyl (C=O) groups is 1. The maximum atomic E-state index is 11.0. The molecule has 0 saturated carbocycles. The van der Waals surface area contributed by atoms with Crippen LogP contribution in [0.15, 0.2) is 24.3 Å². The maximum Gasteiger partial charge on any atom is 0.134 e. The summed E-state index contributed by atoms with van der Waals surface area (Å²) in [4.78, 5) is 11.0. The molecule has 104 valence electrons. The predicted octanol–water partition coefficient (Wildman–Crippen LogP) is 3.15. The van der Waals surface area contributed by atoms with Gasteiger partial charge >= 0.3 is 0 Å². The fraction of sp³-hybridized carbons (Fsp3) is 0.562. The van der Waals surface area contributed by atoms with Gasteiger partial charge in [-0.25, -0.2) is 0 Å². The summed E-state index contributed by atoms with van der Waals surface area (Å²) < 4.78 is 11.6. The molecule has 0 aliphatic carbocycles. The van der Waals surface area contributed by atoms with Crippen molar-refractivity contribution < 1.29 is 14.3 Å². The van der Waals surface area contributed by atoms with E-state index in [0.717, 1.165) is 24.2 Å². The zero-order chi connectivity index (χ0) is 13.9. The zero-order valence-corrected chi connectivity index (χ0v) is 11.9. The van der Waals surface area contributed by atoms with Gasteiger partial charge in [0.15, 0.2) is 0 Å². The lowest BCUT2D eigenvalue weighted by Gasteiger charge is -2.19. The minimum atomic E-state index is -0.0145. The van der Waals surface area contributed by atoms with Crippen LogP contribution in [0.25, 0.3) is 0 Å². The zero-order valence-electron chi connectivity index (χ0n) is 11.9. The number of hydrogen-bond donors (Lipinski definition) is 0. The predicted molar refractivity (Wildman–Crippen MR) is 74.5 cm³/mol. The summed E-state index contributed by atoms with van der Waals surface area (Å²) in [6.07, 6.45) is 2.81. The molecule has 1 fully saturated rings. The van der Waals surface area contributed by atoms with Crippen molar-refractivity contribution in [2.75, 3.05) is 6.61 Å². The summed E-state index contributed by atoms with van der Waals surface area (Å²) in [5.74, 6) is 1.01. The van der Waals surface area contributed by atoms with Crippen LogP contribution in [0.2, 0.25) is 0 Å². The molecule has 0 bridgehead atoms. The van der Waals surface area contributed by atoms with Crippen LogP contribution in [-0.4, -0.2) is 24.1 Å². The Bertz CT molecular complexity index is 434. The lowest BCUT2D eigenvalue weighted by Crippen LogP contribution is -2.23. The van der Waals surface area contributed by atoms with Gasteiger partial charge in [0.25, 0.3) is 0 Å². The normalized spacial score (nSPS) is 21.3. The molecule has 1 aromatic rings. The molecule has 1 aliphatic heterocycles. The first-order valence-corrected chi connectivity index (χ1v) is 6.84. The number of ether oxygens (including phenoxy) is 2. The third-order valence-electron chi connectivity index (χ3n) is 3.37. The molecule has 1 unspecified atom stereocenters. The summed E-state index contributed by atoms with van der Waals surface area (Å²) in [5, 5.41) is 0. The Morgan fingerprint density at radius 2 is 2.05 bits per heavy atom. The third-order valence-corrected chi connectivity index (χ3v) is 3.37. The van der Waals surface area contributed by atoms with Gasteiger partial charge in [-0.3, -0.25) is 4.79 Å². The number of hydrogen-bond acceptors (Lipinski definition) is 3. The molecular weight excluding hydrogens is 240 g/mol. The summed E-state index contributed by atoms with van der Waals surface area (Å²) in [7, 11) is 0. The quantitative estimate of drug-likeness (QED) is 0.817.